The molecular weight excluding hydrogens is 408 g/mol. The Morgan fingerprint density at radius 2 is 1.88 bits per heavy atom. The summed E-state index contributed by atoms with van der Waals surface area (Å²) in [4.78, 5) is 43.2. The number of carbonyl (C=O) groups is 2. The molecule has 2 heterocycles. The summed E-state index contributed by atoms with van der Waals surface area (Å²) in [7, 11) is 0. The molecule has 8 nitrogen and oxygen atoms in total. The highest BCUT2D eigenvalue weighted by atomic mass is 16.6. The number of carbonyl (C=O) groups excluding carboxylic acids is 2. The summed E-state index contributed by atoms with van der Waals surface area (Å²) in [5.41, 5.74) is 2.27. The minimum atomic E-state index is -1.20. The first-order valence-electron chi connectivity index (χ1n) is 11.0. The highest BCUT2D eigenvalue weighted by molar-refractivity contribution is 6.22. The number of nitro groups is 1. The lowest BCUT2D eigenvalue weighted by molar-refractivity contribution is -0.384. The number of aryl methyl sites for hydroxylation is 3. The lowest BCUT2D eigenvalue weighted by Crippen LogP contribution is -2.43. The lowest BCUT2D eigenvalue weighted by atomic mass is 9.65. The second-order valence-electron chi connectivity index (χ2n) is 8.82. The van der Waals surface area contributed by atoms with Gasteiger partial charge in [-0.25, -0.2) is 4.90 Å². The number of aromatic nitrogens is 1. The van der Waals surface area contributed by atoms with Crippen LogP contribution in [0.25, 0.3) is 0 Å². The number of imide groups is 1. The number of pyridine rings is 1. The van der Waals surface area contributed by atoms with E-state index in [9.17, 15) is 25.0 Å². The first-order valence-corrected chi connectivity index (χ1v) is 11.0. The van der Waals surface area contributed by atoms with Crippen molar-refractivity contribution < 1.29 is 14.5 Å². The zero-order chi connectivity index (χ0) is 22.5. The Bertz CT molecular complexity index is 1200. The number of anilines is 1. The topological polar surface area (TPSA) is 117 Å². The average Bonchev–Trinajstić information content (AvgIpc) is 3.11. The van der Waals surface area contributed by atoms with E-state index in [1.807, 2.05) is 0 Å². The van der Waals surface area contributed by atoms with Crippen LogP contribution in [0.1, 0.15) is 54.6 Å². The fourth-order valence-electron chi connectivity index (χ4n) is 5.54. The van der Waals surface area contributed by atoms with Gasteiger partial charge < -0.3 is 0 Å². The molecule has 5 rings (SSSR count). The third kappa shape index (κ3) is 2.92. The molecule has 32 heavy (non-hydrogen) atoms. The molecule has 0 saturated carbocycles. The van der Waals surface area contributed by atoms with Gasteiger partial charge in [0.1, 0.15) is 11.1 Å². The number of para-hydroxylation sites is 2. The van der Waals surface area contributed by atoms with Crippen LogP contribution in [-0.2, 0) is 34.3 Å². The number of nitro benzene ring substituents is 1. The summed E-state index contributed by atoms with van der Waals surface area (Å²) >= 11 is 0. The van der Waals surface area contributed by atoms with Crippen molar-refractivity contribution in [2.24, 2.45) is 5.92 Å². The number of hydrogen-bond donors (Lipinski definition) is 0. The monoisotopic (exact) mass is 430 g/mol. The molecule has 1 aliphatic heterocycles. The molecule has 0 radical (unpaired) electrons. The van der Waals surface area contributed by atoms with Crippen molar-refractivity contribution in [3.63, 3.8) is 0 Å². The van der Waals surface area contributed by atoms with E-state index in [-0.39, 0.29) is 17.8 Å². The van der Waals surface area contributed by atoms with Crippen LogP contribution in [0.4, 0.5) is 11.4 Å². The molecule has 2 amide bonds. The molecule has 162 valence electrons. The van der Waals surface area contributed by atoms with E-state index in [1.54, 1.807) is 6.07 Å². The number of fused-ring (bicyclic) bond motifs is 2. The van der Waals surface area contributed by atoms with E-state index < -0.39 is 28.1 Å². The second kappa shape index (κ2) is 7.52. The van der Waals surface area contributed by atoms with E-state index >= 15 is 0 Å². The Balaban J connectivity index is 1.60. The van der Waals surface area contributed by atoms with Crippen LogP contribution < -0.4 is 4.90 Å². The predicted molar refractivity (Wildman–Crippen MR) is 115 cm³/mol. The largest absolute Gasteiger partial charge is 0.293 e. The molecule has 2 atom stereocenters. The van der Waals surface area contributed by atoms with Crippen molar-refractivity contribution in [2.45, 2.75) is 56.8 Å². The maximum absolute atomic E-state index is 13.6. The summed E-state index contributed by atoms with van der Waals surface area (Å²) in [6, 6.07) is 10.2. The molecule has 3 aliphatic rings. The number of hydrogen-bond acceptors (Lipinski definition) is 6. The Labute approximate surface area is 185 Å². The fraction of sp³-hybridized carbons (Fsp3) is 0.417. The molecule has 0 N–H and O–H groups in total. The van der Waals surface area contributed by atoms with Crippen LogP contribution in [0.2, 0.25) is 0 Å². The molecular formula is C24H22N4O4. The van der Waals surface area contributed by atoms with Gasteiger partial charge in [0.15, 0.2) is 0 Å². The summed E-state index contributed by atoms with van der Waals surface area (Å²) in [5, 5.41) is 21.9. The van der Waals surface area contributed by atoms with Crippen molar-refractivity contribution in [1.29, 1.82) is 5.26 Å². The van der Waals surface area contributed by atoms with E-state index in [4.69, 9.17) is 4.98 Å². The van der Waals surface area contributed by atoms with Gasteiger partial charge >= 0.3 is 0 Å². The first kappa shape index (κ1) is 20.3. The van der Waals surface area contributed by atoms with Crippen LogP contribution in [0.15, 0.2) is 30.3 Å². The number of nitrogens with zero attached hydrogens (tertiary/aromatic N) is 4. The third-order valence-electron chi connectivity index (χ3n) is 7.08. The summed E-state index contributed by atoms with van der Waals surface area (Å²) in [5.74, 6) is -1.99. The van der Waals surface area contributed by atoms with Gasteiger partial charge in [-0.1, -0.05) is 18.2 Å². The Morgan fingerprint density at radius 3 is 2.66 bits per heavy atom. The van der Waals surface area contributed by atoms with Gasteiger partial charge in [-0.3, -0.25) is 24.7 Å². The fourth-order valence-corrected chi connectivity index (χ4v) is 5.54. The summed E-state index contributed by atoms with van der Waals surface area (Å²) < 4.78 is 0. The molecule has 1 aromatic carbocycles. The molecule has 2 aromatic rings. The number of nitriles is 1. The molecule has 1 fully saturated rings. The Kier molecular flexibility index (Phi) is 4.77. The SMILES string of the molecule is N#C[C@@]1([C@H]2CC(=O)N(c3ccccc3[N+](=O)[O-])C2=O)CCCc2cc3c(nc21)CCCC3. The van der Waals surface area contributed by atoms with E-state index in [1.165, 1.54) is 23.8 Å². The number of benzene rings is 1. The van der Waals surface area contributed by atoms with Gasteiger partial charge in [0.25, 0.3) is 5.69 Å². The van der Waals surface area contributed by atoms with Crippen molar-refractivity contribution in [3.05, 3.63) is 63.0 Å². The van der Waals surface area contributed by atoms with Gasteiger partial charge in [-0.2, -0.15) is 5.26 Å². The minimum absolute atomic E-state index is 0.0440. The Hall–Kier alpha value is -3.60. The van der Waals surface area contributed by atoms with Crippen molar-refractivity contribution >= 4 is 23.2 Å². The van der Waals surface area contributed by atoms with Crippen LogP contribution >= 0.6 is 0 Å². The average molecular weight is 430 g/mol. The first-order chi connectivity index (χ1) is 15.5. The maximum Gasteiger partial charge on any atom is 0.293 e. The predicted octanol–water partition coefficient (Wildman–Crippen LogP) is 3.55. The van der Waals surface area contributed by atoms with Crippen molar-refractivity contribution in [2.75, 3.05) is 4.90 Å². The molecule has 0 unspecified atom stereocenters. The highest BCUT2D eigenvalue weighted by Crippen LogP contribution is 2.48. The summed E-state index contributed by atoms with van der Waals surface area (Å²) in [6.07, 6.45) is 5.80. The lowest BCUT2D eigenvalue weighted by Gasteiger charge is -2.36. The second-order valence-corrected chi connectivity index (χ2v) is 8.82. The molecule has 0 bridgehead atoms. The number of rotatable bonds is 3. The van der Waals surface area contributed by atoms with Gasteiger partial charge in [-0.05, 0) is 62.1 Å². The van der Waals surface area contributed by atoms with Crippen molar-refractivity contribution in [1.82, 2.24) is 4.98 Å². The molecule has 2 aliphatic carbocycles. The maximum atomic E-state index is 13.6. The third-order valence-corrected chi connectivity index (χ3v) is 7.08. The van der Waals surface area contributed by atoms with Crippen LogP contribution in [0.5, 0.6) is 0 Å². The van der Waals surface area contributed by atoms with Gasteiger partial charge in [0.2, 0.25) is 11.8 Å². The molecule has 8 heteroatoms. The van der Waals surface area contributed by atoms with Crippen LogP contribution in [-0.4, -0.2) is 21.7 Å². The Morgan fingerprint density at radius 1 is 1.12 bits per heavy atom. The van der Waals surface area contributed by atoms with Crippen LogP contribution in [0, 0.1) is 27.4 Å². The highest BCUT2D eigenvalue weighted by Gasteiger charge is 2.56. The van der Waals surface area contributed by atoms with Crippen molar-refractivity contribution in [3.8, 4) is 6.07 Å². The quantitative estimate of drug-likeness (QED) is 0.418. The zero-order valence-electron chi connectivity index (χ0n) is 17.5. The van der Waals surface area contributed by atoms with Gasteiger partial charge in [-0.15, -0.1) is 0 Å². The standard InChI is InChI=1S/C24H22N4O4/c25-14-24(11-5-7-16-12-15-6-1-2-8-18(15)26-22(16)24)17-13-21(29)27(23(17)30)19-9-3-4-10-20(19)28(31)32/h3-4,9-10,12,17H,1-2,5-8,11,13H2/t17-,24+/m0/s1. The van der Waals surface area contributed by atoms with Gasteiger partial charge in [0.05, 0.1) is 22.6 Å². The summed E-state index contributed by atoms with van der Waals surface area (Å²) in [6.45, 7) is 0. The molecule has 0 spiro atoms. The normalized spacial score (nSPS) is 24.6. The van der Waals surface area contributed by atoms with Gasteiger partial charge in [0, 0.05) is 18.2 Å². The van der Waals surface area contributed by atoms with E-state index in [0.717, 1.165) is 54.7 Å². The zero-order valence-corrected chi connectivity index (χ0v) is 17.5. The molecule has 1 aromatic heterocycles. The van der Waals surface area contributed by atoms with E-state index in [0.29, 0.717) is 12.1 Å². The molecule has 1 saturated heterocycles. The smallest absolute Gasteiger partial charge is 0.274 e. The van der Waals surface area contributed by atoms with E-state index in [2.05, 4.69) is 12.1 Å². The number of amides is 2. The van der Waals surface area contributed by atoms with Crippen LogP contribution in [0.3, 0.4) is 0 Å². The minimum Gasteiger partial charge on any atom is -0.274 e.